The molecule has 0 atom stereocenters. The molecule has 2 rings (SSSR count). The second kappa shape index (κ2) is 6.23. The van der Waals surface area contributed by atoms with Crippen LogP contribution in [0.15, 0.2) is 53.9 Å². The highest BCUT2D eigenvalue weighted by molar-refractivity contribution is 5.95. The average Bonchev–Trinajstić information content (AvgIpc) is 2.47. The van der Waals surface area contributed by atoms with E-state index in [1.807, 2.05) is 30.3 Å². The van der Waals surface area contributed by atoms with Crippen LogP contribution in [0.3, 0.4) is 0 Å². The fourth-order valence-corrected chi connectivity index (χ4v) is 2.09. The molecule has 0 saturated heterocycles. The van der Waals surface area contributed by atoms with E-state index in [1.54, 1.807) is 0 Å². The highest BCUT2D eigenvalue weighted by Gasteiger charge is 2.13. The molecule has 3 nitrogen and oxygen atoms in total. The van der Waals surface area contributed by atoms with Gasteiger partial charge in [0, 0.05) is 24.0 Å². The number of hydrogen-bond acceptors (Lipinski definition) is 2. The number of allylic oxidation sites excluding steroid dienone is 2. The van der Waals surface area contributed by atoms with Crippen LogP contribution in [0.4, 0.5) is 0 Å². The van der Waals surface area contributed by atoms with Crippen LogP contribution in [0.25, 0.3) is 0 Å². The molecular weight excluding hydrogens is 236 g/mol. The van der Waals surface area contributed by atoms with Gasteiger partial charge in [0.2, 0.25) is 0 Å². The van der Waals surface area contributed by atoms with Crippen LogP contribution in [0.2, 0.25) is 0 Å². The van der Waals surface area contributed by atoms with Gasteiger partial charge in [-0.2, -0.15) is 0 Å². The summed E-state index contributed by atoms with van der Waals surface area (Å²) in [4.78, 5) is 14.3. The first-order chi connectivity index (χ1) is 9.22. The molecule has 0 spiro atoms. The van der Waals surface area contributed by atoms with E-state index in [4.69, 9.17) is 0 Å². The minimum atomic E-state index is -0.0414. The molecule has 0 aromatic heterocycles. The lowest BCUT2D eigenvalue weighted by molar-refractivity contribution is 0.0963. The number of benzene rings is 1. The van der Waals surface area contributed by atoms with Gasteiger partial charge in [-0.1, -0.05) is 25.1 Å². The summed E-state index contributed by atoms with van der Waals surface area (Å²) in [6, 6.07) is 9.31. The minimum absolute atomic E-state index is 0.0414. The SMILES string of the molecule is CCC1=CN(CC)CC(NC(=O)c2ccccc2)=C1. The lowest BCUT2D eigenvalue weighted by atomic mass is 10.1. The summed E-state index contributed by atoms with van der Waals surface area (Å²) in [6.45, 7) is 5.95. The molecule has 0 unspecified atom stereocenters. The van der Waals surface area contributed by atoms with E-state index >= 15 is 0 Å². The van der Waals surface area contributed by atoms with Crippen molar-refractivity contribution in [2.45, 2.75) is 20.3 Å². The quantitative estimate of drug-likeness (QED) is 0.898. The number of nitrogens with zero attached hydrogens (tertiary/aromatic N) is 1. The summed E-state index contributed by atoms with van der Waals surface area (Å²) in [6.07, 6.45) is 5.21. The van der Waals surface area contributed by atoms with Crippen LogP contribution in [0.1, 0.15) is 30.6 Å². The second-order valence-corrected chi connectivity index (χ2v) is 4.61. The van der Waals surface area contributed by atoms with Crippen molar-refractivity contribution in [1.29, 1.82) is 0 Å². The van der Waals surface area contributed by atoms with Gasteiger partial charge < -0.3 is 10.2 Å². The molecule has 100 valence electrons. The highest BCUT2D eigenvalue weighted by Crippen LogP contribution is 2.15. The zero-order chi connectivity index (χ0) is 13.7. The lowest BCUT2D eigenvalue weighted by Gasteiger charge is -2.26. The van der Waals surface area contributed by atoms with E-state index in [2.05, 4.69) is 36.3 Å². The van der Waals surface area contributed by atoms with Crippen molar-refractivity contribution in [2.75, 3.05) is 13.1 Å². The molecule has 1 aromatic rings. The molecule has 1 aromatic carbocycles. The van der Waals surface area contributed by atoms with Gasteiger partial charge in [-0.15, -0.1) is 0 Å². The van der Waals surface area contributed by atoms with Gasteiger partial charge in [-0.25, -0.2) is 0 Å². The maximum absolute atomic E-state index is 12.1. The van der Waals surface area contributed by atoms with E-state index in [1.165, 1.54) is 5.57 Å². The molecule has 1 amide bonds. The molecule has 0 bridgehead atoms. The fourth-order valence-electron chi connectivity index (χ4n) is 2.09. The predicted octanol–water partition coefficient (Wildman–Crippen LogP) is 2.93. The maximum Gasteiger partial charge on any atom is 0.255 e. The molecule has 19 heavy (non-hydrogen) atoms. The summed E-state index contributed by atoms with van der Waals surface area (Å²) in [7, 11) is 0. The van der Waals surface area contributed by atoms with Crippen LogP contribution in [0.5, 0.6) is 0 Å². The van der Waals surface area contributed by atoms with Crippen molar-refractivity contribution in [3.8, 4) is 0 Å². The van der Waals surface area contributed by atoms with Crippen molar-refractivity contribution in [1.82, 2.24) is 10.2 Å². The van der Waals surface area contributed by atoms with Gasteiger partial charge in [0.15, 0.2) is 0 Å². The summed E-state index contributed by atoms with van der Waals surface area (Å²) in [5.41, 5.74) is 2.91. The molecule has 0 aliphatic carbocycles. The van der Waals surface area contributed by atoms with Gasteiger partial charge in [0.1, 0.15) is 0 Å². The summed E-state index contributed by atoms with van der Waals surface area (Å²) < 4.78 is 0. The van der Waals surface area contributed by atoms with Crippen LogP contribution in [0, 0.1) is 0 Å². The lowest BCUT2D eigenvalue weighted by Crippen LogP contribution is -2.32. The summed E-state index contributed by atoms with van der Waals surface area (Å²) in [5.74, 6) is -0.0414. The van der Waals surface area contributed by atoms with Crippen LogP contribution >= 0.6 is 0 Å². The molecule has 1 aliphatic rings. The highest BCUT2D eigenvalue weighted by atomic mass is 16.1. The Balaban J connectivity index is 2.09. The molecule has 1 N–H and O–H groups in total. The third-order valence-electron chi connectivity index (χ3n) is 3.21. The second-order valence-electron chi connectivity index (χ2n) is 4.61. The Morgan fingerprint density at radius 2 is 2.00 bits per heavy atom. The zero-order valence-corrected chi connectivity index (χ0v) is 11.5. The summed E-state index contributed by atoms with van der Waals surface area (Å²) in [5, 5.41) is 3.00. The Kier molecular flexibility index (Phi) is 4.39. The Morgan fingerprint density at radius 3 is 2.63 bits per heavy atom. The van der Waals surface area contributed by atoms with E-state index < -0.39 is 0 Å². The normalized spacial score (nSPS) is 14.7. The van der Waals surface area contributed by atoms with E-state index in [-0.39, 0.29) is 5.91 Å². The first-order valence-corrected chi connectivity index (χ1v) is 6.74. The third-order valence-corrected chi connectivity index (χ3v) is 3.21. The Morgan fingerprint density at radius 1 is 1.26 bits per heavy atom. The number of nitrogens with one attached hydrogen (secondary N) is 1. The van der Waals surface area contributed by atoms with Gasteiger partial charge >= 0.3 is 0 Å². The molecule has 3 heteroatoms. The smallest absolute Gasteiger partial charge is 0.255 e. The van der Waals surface area contributed by atoms with Gasteiger partial charge in [-0.3, -0.25) is 4.79 Å². The molecular formula is C16H20N2O. The molecule has 0 saturated carbocycles. The Hall–Kier alpha value is -2.03. The van der Waals surface area contributed by atoms with Gasteiger partial charge in [0.25, 0.3) is 5.91 Å². The van der Waals surface area contributed by atoms with Crippen LogP contribution < -0.4 is 5.32 Å². The minimum Gasteiger partial charge on any atom is -0.372 e. The number of carbonyl (C=O) groups is 1. The number of carbonyl (C=O) groups excluding carboxylic acids is 1. The van der Waals surface area contributed by atoms with Gasteiger partial charge in [-0.05, 0) is 37.1 Å². The number of hydrogen-bond donors (Lipinski definition) is 1. The van der Waals surface area contributed by atoms with Crippen molar-refractivity contribution in [3.63, 3.8) is 0 Å². The van der Waals surface area contributed by atoms with Crippen LogP contribution in [-0.4, -0.2) is 23.9 Å². The molecule has 1 heterocycles. The van der Waals surface area contributed by atoms with Crippen LogP contribution in [-0.2, 0) is 0 Å². The average molecular weight is 256 g/mol. The number of likely N-dealkylation sites (N-methyl/N-ethyl adjacent to an activating group) is 1. The molecule has 0 radical (unpaired) electrons. The monoisotopic (exact) mass is 256 g/mol. The Bertz CT molecular complexity index is 503. The molecule has 1 aliphatic heterocycles. The van der Waals surface area contributed by atoms with E-state index in [0.29, 0.717) is 5.56 Å². The first-order valence-electron chi connectivity index (χ1n) is 6.74. The summed E-state index contributed by atoms with van der Waals surface area (Å²) >= 11 is 0. The molecule has 0 fully saturated rings. The van der Waals surface area contributed by atoms with E-state index in [0.717, 1.165) is 25.2 Å². The Labute approximate surface area is 114 Å². The fraction of sp³-hybridized carbons (Fsp3) is 0.312. The largest absolute Gasteiger partial charge is 0.372 e. The standard InChI is InChI=1S/C16H20N2O/c1-3-13-10-15(12-18(4-2)11-13)17-16(19)14-8-6-5-7-9-14/h5-11H,3-4,12H2,1-2H3,(H,17,19). The topological polar surface area (TPSA) is 32.3 Å². The number of amides is 1. The third kappa shape index (κ3) is 3.47. The zero-order valence-electron chi connectivity index (χ0n) is 11.5. The maximum atomic E-state index is 12.1. The van der Waals surface area contributed by atoms with Crippen molar-refractivity contribution in [3.05, 3.63) is 59.4 Å². The first kappa shape index (κ1) is 13.4. The van der Waals surface area contributed by atoms with Crippen molar-refractivity contribution < 1.29 is 4.79 Å². The number of rotatable bonds is 4. The van der Waals surface area contributed by atoms with E-state index in [9.17, 15) is 4.79 Å². The van der Waals surface area contributed by atoms with Gasteiger partial charge in [0.05, 0.1) is 6.54 Å². The van der Waals surface area contributed by atoms with Crippen molar-refractivity contribution in [2.24, 2.45) is 0 Å². The van der Waals surface area contributed by atoms with Crippen molar-refractivity contribution >= 4 is 5.91 Å². The predicted molar refractivity (Wildman–Crippen MR) is 77.6 cm³/mol.